The molecule has 2 atom stereocenters. The van der Waals surface area contributed by atoms with Gasteiger partial charge in [0.15, 0.2) is 0 Å². The van der Waals surface area contributed by atoms with Crippen LogP contribution in [0.3, 0.4) is 0 Å². The van der Waals surface area contributed by atoms with Crippen molar-refractivity contribution in [2.45, 2.75) is 31.8 Å². The SMILES string of the molecule is CC(=O)N1CCCC1C(=O)NCC(N)c1ccccc1.Cl. The normalized spacial score (nSPS) is 18.8. The predicted molar refractivity (Wildman–Crippen MR) is 84.0 cm³/mol. The highest BCUT2D eigenvalue weighted by molar-refractivity contribution is 5.87. The van der Waals surface area contributed by atoms with Crippen molar-refractivity contribution in [1.29, 1.82) is 0 Å². The first-order valence-electron chi connectivity index (χ1n) is 6.95. The van der Waals surface area contributed by atoms with Crippen LogP contribution in [0.15, 0.2) is 30.3 Å². The molecular formula is C15H22ClN3O2. The summed E-state index contributed by atoms with van der Waals surface area (Å²) in [7, 11) is 0. The maximum absolute atomic E-state index is 12.1. The van der Waals surface area contributed by atoms with Gasteiger partial charge in [0.25, 0.3) is 0 Å². The van der Waals surface area contributed by atoms with Crippen LogP contribution in [0.5, 0.6) is 0 Å². The van der Waals surface area contributed by atoms with Gasteiger partial charge in [-0.25, -0.2) is 0 Å². The monoisotopic (exact) mass is 311 g/mol. The summed E-state index contributed by atoms with van der Waals surface area (Å²) in [6.45, 7) is 2.55. The first kappa shape index (κ1) is 17.5. The Labute approximate surface area is 131 Å². The number of benzene rings is 1. The van der Waals surface area contributed by atoms with Crippen molar-refractivity contribution in [2.24, 2.45) is 5.73 Å². The summed E-state index contributed by atoms with van der Waals surface area (Å²) in [4.78, 5) is 25.2. The molecule has 1 aliphatic heterocycles. The van der Waals surface area contributed by atoms with Crippen LogP contribution in [0.2, 0.25) is 0 Å². The second kappa shape index (κ2) is 8.00. The average molecular weight is 312 g/mol. The van der Waals surface area contributed by atoms with E-state index in [4.69, 9.17) is 5.73 Å². The third-order valence-corrected chi connectivity index (χ3v) is 3.68. The van der Waals surface area contributed by atoms with Crippen LogP contribution in [-0.2, 0) is 9.59 Å². The van der Waals surface area contributed by atoms with Crippen LogP contribution in [-0.4, -0.2) is 35.8 Å². The molecule has 1 aromatic rings. The van der Waals surface area contributed by atoms with E-state index in [9.17, 15) is 9.59 Å². The number of carbonyl (C=O) groups is 2. The van der Waals surface area contributed by atoms with Gasteiger partial charge in [-0.05, 0) is 18.4 Å². The fourth-order valence-electron chi connectivity index (χ4n) is 2.56. The number of rotatable bonds is 4. The number of amides is 2. The molecule has 0 radical (unpaired) electrons. The molecule has 0 spiro atoms. The summed E-state index contributed by atoms with van der Waals surface area (Å²) in [6.07, 6.45) is 1.61. The Hall–Kier alpha value is -1.59. The molecule has 1 aromatic carbocycles. The number of likely N-dealkylation sites (tertiary alicyclic amines) is 1. The first-order chi connectivity index (χ1) is 9.59. The van der Waals surface area contributed by atoms with E-state index in [0.29, 0.717) is 13.1 Å². The largest absolute Gasteiger partial charge is 0.352 e. The van der Waals surface area contributed by atoms with Gasteiger partial charge in [-0.2, -0.15) is 0 Å². The Bertz CT molecular complexity index is 481. The number of nitrogens with zero attached hydrogens (tertiary/aromatic N) is 1. The molecule has 2 rings (SSSR count). The highest BCUT2D eigenvalue weighted by Gasteiger charge is 2.32. The summed E-state index contributed by atoms with van der Waals surface area (Å²) in [5, 5.41) is 2.85. The highest BCUT2D eigenvalue weighted by Crippen LogP contribution is 2.17. The number of hydrogen-bond donors (Lipinski definition) is 2. The molecular weight excluding hydrogens is 290 g/mol. The van der Waals surface area contributed by atoms with Crippen LogP contribution >= 0.6 is 12.4 Å². The summed E-state index contributed by atoms with van der Waals surface area (Å²) in [6, 6.07) is 9.08. The molecule has 1 heterocycles. The lowest BCUT2D eigenvalue weighted by atomic mass is 10.1. The van der Waals surface area contributed by atoms with Crippen molar-refractivity contribution in [3.8, 4) is 0 Å². The standard InChI is InChI=1S/C15H21N3O2.ClH/c1-11(19)18-9-5-8-14(18)15(20)17-10-13(16)12-6-3-2-4-7-12;/h2-4,6-7,13-14H,5,8-10,16H2,1H3,(H,17,20);1H. The second-order valence-electron chi connectivity index (χ2n) is 5.13. The Morgan fingerprint density at radius 2 is 2.05 bits per heavy atom. The number of halogens is 1. The van der Waals surface area contributed by atoms with Crippen molar-refractivity contribution < 1.29 is 9.59 Å². The number of carbonyl (C=O) groups excluding carboxylic acids is 2. The van der Waals surface area contributed by atoms with Crippen molar-refractivity contribution in [2.75, 3.05) is 13.1 Å². The second-order valence-corrected chi connectivity index (χ2v) is 5.13. The molecule has 6 heteroatoms. The van der Waals surface area contributed by atoms with Crippen LogP contribution < -0.4 is 11.1 Å². The number of hydrogen-bond acceptors (Lipinski definition) is 3. The van der Waals surface area contributed by atoms with Crippen LogP contribution in [0, 0.1) is 0 Å². The number of nitrogens with one attached hydrogen (secondary N) is 1. The summed E-state index contributed by atoms with van der Waals surface area (Å²) in [5.41, 5.74) is 7.03. The quantitative estimate of drug-likeness (QED) is 0.878. The van der Waals surface area contributed by atoms with Gasteiger partial charge in [0.05, 0.1) is 0 Å². The maximum Gasteiger partial charge on any atom is 0.242 e. The van der Waals surface area contributed by atoms with Crippen LogP contribution in [0.1, 0.15) is 31.4 Å². The molecule has 116 valence electrons. The van der Waals surface area contributed by atoms with Gasteiger partial charge in [-0.3, -0.25) is 9.59 Å². The van der Waals surface area contributed by atoms with Gasteiger partial charge in [0.2, 0.25) is 11.8 Å². The van der Waals surface area contributed by atoms with E-state index in [2.05, 4.69) is 5.32 Å². The highest BCUT2D eigenvalue weighted by atomic mass is 35.5. The fraction of sp³-hybridized carbons (Fsp3) is 0.467. The van der Waals surface area contributed by atoms with Gasteiger partial charge in [0, 0.05) is 26.1 Å². The molecule has 1 aliphatic rings. The lowest BCUT2D eigenvalue weighted by Gasteiger charge is -2.23. The third-order valence-electron chi connectivity index (χ3n) is 3.68. The van der Waals surface area contributed by atoms with Crippen LogP contribution in [0.25, 0.3) is 0 Å². The van der Waals surface area contributed by atoms with E-state index in [1.165, 1.54) is 6.92 Å². The average Bonchev–Trinajstić information content (AvgIpc) is 2.95. The van der Waals surface area contributed by atoms with Gasteiger partial charge in [-0.15, -0.1) is 12.4 Å². The molecule has 2 amide bonds. The maximum atomic E-state index is 12.1. The molecule has 3 N–H and O–H groups in total. The molecule has 0 aromatic heterocycles. The molecule has 1 fully saturated rings. The topological polar surface area (TPSA) is 75.4 Å². The molecule has 0 aliphatic carbocycles. The molecule has 1 saturated heterocycles. The van der Waals surface area contributed by atoms with E-state index < -0.39 is 0 Å². The third kappa shape index (κ3) is 4.44. The first-order valence-corrected chi connectivity index (χ1v) is 6.95. The minimum absolute atomic E-state index is 0. The van der Waals surface area contributed by atoms with Gasteiger partial charge < -0.3 is 16.0 Å². The lowest BCUT2D eigenvalue weighted by Crippen LogP contribution is -2.46. The van der Waals surface area contributed by atoms with Gasteiger partial charge >= 0.3 is 0 Å². The lowest BCUT2D eigenvalue weighted by molar-refractivity contribution is -0.136. The Kier molecular flexibility index (Phi) is 6.65. The van der Waals surface area contributed by atoms with E-state index in [1.807, 2.05) is 30.3 Å². The zero-order chi connectivity index (χ0) is 14.5. The van der Waals surface area contributed by atoms with Crippen LogP contribution in [0.4, 0.5) is 0 Å². The van der Waals surface area contributed by atoms with E-state index >= 15 is 0 Å². The van der Waals surface area contributed by atoms with E-state index in [0.717, 1.165) is 18.4 Å². The number of nitrogens with two attached hydrogens (primary N) is 1. The van der Waals surface area contributed by atoms with Crippen molar-refractivity contribution in [3.05, 3.63) is 35.9 Å². The van der Waals surface area contributed by atoms with E-state index in [1.54, 1.807) is 4.90 Å². The van der Waals surface area contributed by atoms with Crippen molar-refractivity contribution >= 4 is 24.2 Å². The van der Waals surface area contributed by atoms with Crippen molar-refractivity contribution in [3.63, 3.8) is 0 Å². The fourth-order valence-corrected chi connectivity index (χ4v) is 2.56. The Morgan fingerprint density at radius 1 is 1.38 bits per heavy atom. The summed E-state index contributed by atoms with van der Waals surface area (Å²) < 4.78 is 0. The zero-order valence-corrected chi connectivity index (χ0v) is 12.9. The molecule has 5 nitrogen and oxygen atoms in total. The minimum Gasteiger partial charge on any atom is -0.352 e. The van der Waals surface area contributed by atoms with Gasteiger partial charge in [-0.1, -0.05) is 30.3 Å². The summed E-state index contributed by atoms with van der Waals surface area (Å²) >= 11 is 0. The van der Waals surface area contributed by atoms with Gasteiger partial charge in [0.1, 0.15) is 6.04 Å². The zero-order valence-electron chi connectivity index (χ0n) is 12.1. The minimum atomic E-state index is -0.338. The molecule has 2 unspecified atom stereocenters. The molecule has 0 bridgehead atoms. The predicted octanol–water partition coefficient (Wildman–Crippen LogP) is 1.24. The Morgan fingerprint density at radius 3 is 2.67 bits per heavy atom. The smallest absolute Gasteiger partial charge is 0.242 e. The Balaban J connectivity index is 0.00000220. The van der Waals surface area contributed by atoms with E-state index in [-0.39, 0.29) is 36.3 Å². The summed E-state index contributed by atoms with van der Waals surface area (Å²) in [5.74, 6) is -0.154. The molecule has 0 saturated carbocycles. The molecule has 21 heavy (non-hydrogen) atoms. The van der Waals surface area contributed by atoms with Crippen molar-refractivity contribution in [1.82, 2.24) is 10.2 Å².